The van der Waals surface area contributed by atoms with E-state index in [1.165, 1.54) is 0 Å². The van der Waals surface area contributed by atoms with Gasteiger partial charge in [-0.05, 0) is 17.7 Å². The fourth-order valence-corrected chi connectivity index (χ4v) is 1.81. The molecule has 0 saturated carbocycles. The molecule has 2 N–H and O–H groups in total. The Morgan fingerprint density at radius 2 is 2.00 bits per heavy atom. The number of nitrogens with one attached hydrogen (secondary N) is 1. The summed E-state index contributed by atoms with van der Waals surface area (Å²) >= 11 is 5.77. The van der Waals surface area contributed by atoms with Crippen LogP contribution in [0.5, 0.6) is 0 Å². The first kappa shape index (κ1) is 16.5. The summed E-state index contributed by atoms with van der Waals surface area (Å²) in [7, 11) is 0. The second-order valence-electron chi connectivity index (χ2n) is 5.93. The van der Waals surface area contributed by atoms with Crippen LogP contribution >= 0.6 is 11.6 Å². The highest BCUT2D eigenvalue weighted by Crippen LogP contribution is 2.19. The third-order valence-electron chi connectivity index (χ3n) is 2.99. The smallest absolute Gasteiger partial charge is 0.253 e. The lowest BCUT2D eigenvalue weighted by Crippen LogP contribution is -2.29. The van der Waals surface area contributed by atoms with E-state index in [1.807, 2.05) is 20.8 Å². The highest BCUT2D eigenvalue weighted by Gasteiger charge is 2.22. The molecule has 2 rings (SSSR count). The fourth-order valence-electron chi connectivity index (χ4n) is 1.69. The number of rotatable bonds is 4. The van der Waals surface area contributed by atoms with Crippen LogP contribution in [0, 0.1) is 0 Å². The highest BCUT2D eigenvalue weighted by atomic mass is 35.5. The normalized spacial score (nSPS) is 13.0. The average molecular weight is 324 g/mol. The van der Waals surface area contributed by atoms with Gasteiger partial charge in [0, 0.05) is 10.4 Å². The molecule has 22 heavy (non-hydrogen) atoms. The van der Waals surface area contributed by atoms with Crippen LogP contribution in [0.1, 0.15) is 44.2 Å². The molecule has 1 amide bonds. The van der Waals surface area contributed by atoms with Crippen molar-refractivity contribution < 1.29 is 14.4 Å². The van der Waals surface area contributed by atoms with Gasteiger partial charge in [0.15, 0.2) is 11.9 Å². The average Bonchev–Trinajstić information content (AvgIpc) is 2.94. The van der Waals surface area contributed by atoms with E-state index < -0.39 is 12.0 Å². The highest BCUT2D eigenvalue weighted by molar-refractivity contribution is 6.30. The largest absolute Gasteiger partial charge is 0.378 e. The number of carbonyl (C=O) groups is 1. The van der Waals surface area contributed by atoms with E-state index in [1.54, 1.807) is 24.3 Å². The lowest BCUT2D eigenvalue weighted by atomic mass is 9.96. The molecule has 0 aliphatic heterocycles. The minimum absolute atomic E-state index is 0.0621. The summed E-state index contributed by atoms with van der Waals surface area (Å²) in [6.07, 6.45) is -1.28. The van der Waals surface area contributed by atoms with Gasteiger partial charge in [0.2, 0.25) is 5.89 Å². The number of aliphatic hydroxyl groups excluding tert-OH is 1. The Hall–Kier alpha value is -1.92. The number of halogens is 1. The van der Waals surface area contributed by atoms with Crippen LogP contribution in [0.25, 0.3) is 0 Å². The second-order valence-corrected chi connectivity index (χ2v) is 6.37. The van der Waals surface area contributed by atoms with Crippen molar-refractivity contribution in [3.63, 3.8) is 0 Å². The monoisotopic (exact) mass is 323 g/mol. The van der Waals surface area contributed by atoms with Gasteiger partial charge in [-0.15, -0.1) is 0 Å². The van der Waals surface area contributed by atoms with Crippen LogP contribution < -0.4 is 5.32 Å². The Labute approximate surface area is 133 Å². The number of aromatic nitrogens is 2. The van der Waals surface area contributed by atoms with Gasteiger partial charge in [0.25, 0.3) is 5.91 Å². The summed E-state index contributed by atoms with van der Waals surface area (Å²) in [5.74, 6) is 0.314. The summed E-state index contributed by atoms with van der Waals surface area (Å²) in [5.41, 5.74) is 0.233. The number of nitrogens with zero attached hydrogens (tertiary/aromatic N) is 2. The molecule has 0 bridgehead atoms. The van der Waals surface area contributed by atoms with E-state index in [9.17, 15) is 9.90 Å². The van der Waals surface area contributed by atoms with Crippen LogP contribution in [0.3, 0.4) is 0 Å². The molecular formula is C15H18ClN3O3. The van der Waals surface area contributed by atoms with E-state index in [0.717, 1.165) is 0 Å². The van der Waals surface area contributed by atoms with Crippen molar-refractivity contribution in [3.8, 4) is 0 Å². The van der Waals surface area contributed by atoms with Crippen molar-refractivity contribution >= 4 is 17.5 Å². The van der Waals surface area contributed by atoms with Gasteiger partial charge in [-0.25, -0.2) is 0 Å². The van der Waals surface area contributed by atoms with Crippen molar-refractivity contribution in [2.75, 3.05) is 0 Å². The lowest BCUT2D eigenvalue weighted by Gasteiger charge is -2.11. The minimum Gasteiger partial charge on any atom is -0.378 e. The topological polar surface area (TPSA) is 88.2 Å². The molecule has 0 aliphatic carbocycles. The molecule has 0 spiro atoms. The molecule has 6 nitrogen and oxygen atoms in total. The van der Waals surface area contributed by atoms with E-state index >= 15 is 0 Å². The Kier molecular flexibility index (Phi) is 4.83. The van der Waals surface area contributed by atoms with E-state index in [2.05, 4.69) is 15.5 Å². The zero-order valence-electron chi connectivity index (χ0n) is 12.6. The van der Waals surface area contributed by atoms with E-state index in [4.69, 9.17) is 16.1 Å². The molecule has 1 aromatic carbocycles. The van der Waals surface area contributed by atoms with Crippen molar-refractivity contribution in [3.05, 3.63) is 46.6 Å². The molecule has 0 saturated heterocycles. The zero-order chi connectivity index (χ0) is 16.3. The van der Waals surface area contributed by atoms with Gasteiger partial charge in [-0.3, -0.25) is 4.79 Å². The number of aliphatic hydroxyl groups is 1. The van der Waals surface area contributed by atoms with Crippen LogP contribution in [0.15, 0.2) is 28.8 Å². The van der Waals surface area contributed by atoms with Gasteiger partial charge in [-0.2, -0.15) is 4.98 Å². The maximum atomic E-state index is 11.9. The van der Waals surface area contributed by atoms with Crippen molar-refractivity contribution in [2.45, 2.75) is 38.8 Å². The van der Waals surface area contributed by atoms with Gasteiger partial charge in [0.1, 0.15) is 0 Å². The molecule has 7 heteroatoms. The SMILES string of the molecule is CC(C)(C)c1noc(CNC(=O)[C@H](O)c2ccc(Cl)cc2)n1. The maximum Gasteiger partial charge on any atom is 0.253 e. The van der Waals surface area contributed by atoms with Crippen LogP contribution in [-0.4, -0.2) is 21.2 Å². The summed E-state index contributed by atoms with van der Waals surface area (Å²) in [6, 6.07) is 6.41. The zero-order valence-corrected chi connectivity index (χ0v) is 13.4. The molecule has 0 radical (unpaired) electrons. The van der Waals surface area contributed by atoms with Gasteiger partial charge < -0.3 is 14.9 Å². The number of benzene rings is 1. The van der Waals surface area contributed by atoms with Crippen molar-refractivity contribution in [2.24, 2.45) is 0 Å². The molecule has 0 aliphatic rings. The summed E-state index contributed by atoms with van der Waals surface area (Å²) < 4.78 is 5.07. The molecule has 0 fully saturated rings. The standard InChI is InChI=1S/C15H18ClN3O3/c1-15(2,3)14-18-11(22-19-14)8-17-13(21)12(20)9-4-6-10(16)7-5-9/h4-7,12,20H,8H2,1-3H3,(H,17,21)/t12-/m1/s1. The predicted molar refractivity (Wildman–Crippen MR) is 81.3 cm³/mol. The fraction of sp³-hybridized carbons (Fsp3) is 0.400. The number of amides is 1. The van der Waals surface area contributed by atoms with Crippen LogP contribution in [0.2, 0.25) is 5.02 Å². The van der Waals surface area contributed by atoms with Crippen molar-refractivity contribution in [1.82, 2.24) is 15.5 Å². The first-order chi connectivity index (χ1) is 10.3. The van der Waals surface area contributed by atoms with E-state index in [-0.39, 0.29) is 12.0 Å². The molecule has 0 unspecified atom stereocenters. The quantitative estimate of drug-likeness (QED) is 0.901. The minimum atomic E-state index is -1.28. The number of hydrogen-bond donors (Lipinski definition) is 2. The summed E-state index contributed by atoms with van der Waals surface area (Å²) in [4.78, 5) is 16.1. The third-order valence-corrected chi connectivity index (χ3v) is 3.24. The second kappa shape index (κ2) is 6.46. The Balaban J connectivity index is 1.95. The van der Waals surface area contributed by atoms with Crippen molar-refractivity contribution in [1.29, 1.82) is 0 Å². The first-order valence-corrected chi connectivity index (χ1v) is 7.19. The molecule has 1 heterocycles. The summed E-state index contributed by atoms with van der Waals surface area (Å²) in [6.45, 7) is 5.95. The van der Waals surface area contributed by atoms with Gasteiger partial charge in [0.05, 0.1) is 6.54 Å². The lowest BCUT2D eigenvalue weighted by molar-refractivity contribution is -0.129. The number of carbonyl (C=O) groups excluding carboxylic acids is 1. The summed E-state index contributed by atoms with van der Waals surface area (Å²) in [5, 5.41) is 16.9. The molecular weight excluding hydrogens is 306 g/mol. The third kappa shape index (κ3) is 4.05. The first-order valence-electron chi connectivity index (χ1n) is 6.81. The van der Waals surface area contributed by atoms with Crippen LogP contribution in [-0.2, 0) is 16.8 Å². The molecule has 1 aromatic heterocycles. The molecule has 118 valence electrons. The van der Waals surface area contributed by atoms with Crippen LogP contribution in [0.4, 0.5) is 0 Å². The Morgan fingerprint density at radius 1 is 1.36 bits per heavy atom. The van der Waals surface area contributed by atoms with Gasteiger partial charge >= 0.3 is 0 Å². The maximum absolute atomic E-state index is 11.9. The molecule has 1 atom stereocenters. The van der Waals surface area contributed by atoms with Gasteiger partial charge in [-0.1, -0.05) is 49.7 Å². The van der Waals surface area contributed by atoms with E-state index in [0.29, 0.717) is 22.3 Å². The Morgan fingerprint density at radius 3 is 2.55 bits per heavy atom. The molecule has 2 aromatic rings. The Bertz CT molecular complexity index is 647. The number of hydrogen-bond acceptors (Lipinski definition) is 5. The predicted octanol–water partition coefficient (Wildman–Crippen LogP) is 2.37.